The standard InChI is InChI=1S/C16H19F2NO2S/c1-20-10-13-4-2-3-12(7-13)8-19-9-14-5-6-15(21-14)11-22-16(17)18/h2-7,16,19H,8-11H2,1H3. The Balaban J connectivity index is 1.77. The van der Waals surface area contributed by atoms with Gasteiger partial charge in [0.05, 0.1) is 18.9 Å². The predicted molar refractivity (Wildman–Crippen MR) is 83.7 cm³/mol. The Morgan fingerprint density at radius 1 is 1.14 bits per heavy atom. The molecule has 0 fully saturated rings. The molecule has 0 spiro atoms. The Morgan fingerprint density at radius 2 is 1.91 bits per heavy atom. The lowest BCUT2D eigenvalue weighted by atomic mass is 10.1. The molecule has 0 atom stereocenters. The highest BCUT2D eigenvalue weighted by Crippen LogP contribution is 2.21. The summed E-state index contributed by atoms with van der Waals surface area (Å²) in [6, 6.07) is 11.7. The summed E-state index contributed by atoms with van der Waals surface area (Å²) in [7, 11) is 1.67. The topological polar surface area (TPSA) is 34.4 Å². The van der Waals surface area contributed by atoms with Gasteiger partial charge in [0.25, 0.3) is 5.76 Å². The van der Waals surface area contributed by atoms with Crippen LogP contribution in [0.15, 0.2) is 40.8 Å². The van der Waals surface area contributed by atoms with Crippen molar-refractivity contribution >= 4 is 11.8 Å². The fourth-order valence-corrected chi connectivity index (χ4v) is 2.51. The molecule has 0 unspecified atom stereocenters. The second-order valence-corrected chi connectivity index (χ2v) is 5.77. The first-order valence-electron chi connectivity index (χ1n) is 6.92. The molecule has 0 aliphatic heterocycles. The number of furan rings is 1. The first-order valence-corrected chi connectivity index (χ1v) is 7.97. The molecule has 0 amide bonds. The Kier molecular flexibility index (Phi) is 6.89. The number of ether oxygens (including phenoxy) is 1. The molecule has 1 N–H and O–H groups in total. The lowest BCUT2D eigenvalue weighted by Crippen LogP contribution is -2.12. The third-order valence-corrected chi connectivity index (χ3v) is 3.70. The van der Waals surface area contributed by atoms with Gasteiger partial charge in [-0.25, -0.2) is 0 Å². The van der Waals surface area contributed by atoms with Crippen molar-refractivity contribution in [3.8, 4) is 0 Å². The molecule has 2 aromatic rings. The van der Waals surface area contributed by atoms with E-state index in [-0.39, 0.29) is 5.75 Å². The molecule has 120 valence electrons. The lowest BCUT2D eigenvalue weighted by Gasteiger charge is -2.06. The van der Waals surface area contributed by atoms with Gasteiger partial charge in [0.2, 0.25) is 0 Å². The van der Waals surface area contributed by atoms with Crippen molar-refractivity contribution in [3.63, 3.8) is 0 Å². The summed E-state index contributed by atoms with van der Waals surface area (Å²) >= 11 is 0.565. The maximum atomic E-state index is 12.1. The zero-order valence-electron chi connectivity index (χ0n) is 12.4. The minimum Gasteiger partial charge on any atom is -0.464 e. The lowest BCUT2D eigenvalue weighted by molar-refractivity contribution is 0.185. The van der Waals surface area contributed by atoms with Gasteiger partial charge >= 0.3 is 0 Å². The number of alkyl halides is 2. The number of nitrogens with one attached hydrogen (secondary N) is 1. The first-order chi connectivity index (χ1) is 10.7. The number of halogens is 2. The molecule has 0 radical (unpaired) electrons. The smallest absolute Gasteiger partial charge is 0.284 e. The molecular formula is C16H19F2NO2S. The average Bonchev–Trinajstić information content (AvgIpc) is 2.94. The highest BCUT2D eigenvalue weighted by atomic mass is 32.2. The molecule has 6 heteroatoms. The SMILES string of the molecule is COCc1cccc(CNCc2ccc(CSC(F)F)o2)c1. The van der Waals surface area contributed by atoms with Gasteiger partial charge in [-0.3, -0.25) is 0 Å². The van der Waals surface area contributed by atoms with Crippen molar-refractivity contribution in [3.05, 3.63) is 59.0 Å². The molecule has 0 bridgehead atoms. The van der Waals surface area contributed by atoms with E-state index in [1.54, 1.807) is 13.2 Å². The Morgan fingerprint density at radius 3 is 2.68 bits per heavy atom. The normalized spacial score (nSPS) is 11.3. The van der Waals surface area contributed by atoms with Crippen LogP contribution in [0.25, 0.3) is 0 Å². The second-order valence-electron chi connectivity index (χ2n) is 4.80. The van der Waals surface area contributed by atoms with Crippen LogP contribution in [0.1, 0.15) is 22.6 Å². The second kappa shape index (κ2) is 8.92. The van der Waals surface area contributed by atoms with E-state index < -0.39 is 5.76 Å². The van der Waals surface area contributed by atoms with E-state index in [0.717, 1.165) is 16.9 Å². The van der Waals surface area contributed by atoms with E-state index in [2.05, 4.69) is 11.4 Å². The number of hydrogen-bond acceptors (Lipinski definition) is 4. The molecule has 1 aromatic heterocycles. The highest BCUT2D eigenvalue weighted by Gasteiger charge is 2.07. The average molecular weight is 327 g/mol. The Labute approximate surface area is 133 Å². The van der Waals surface area contributed by atoms with E-state index in [0.29, 0.717) is 37.2 Å². The Hall–Kier alpha value is -1.37. The van der Waals surface area contributed by atoms with Crippen molar-refractivity contribution in [2.24, 2.45) is 0 Å². The van der Waals surface area contributed by atoms with Crippen LogP contribution in [-0.4, -0.2) is 12.9 Å². The molecule has 0 aliphatic carbocycles. The van der Waals surface area contributed by atoms with E-state index in [4.69, 9.17) is 9.15 Å². The summed E-state index contributed by atoms with van der Waals surface area (Å²) in [5.41, 5.74) is 2.29. The molecule has 0 saturated carbocycles. The summed E-state index contributed by atoms with van der Waals surface area (Å²) in [6.07, 6.45) is 0. The first kappa shape index (κ1) is 17.0. The van der Waals surface area contributed by atoms with Crippen molar-refractivity contribution in [1.82, 2.24) is 5.32 Å². The fourth-order valence-electron chi connectivity index (χ4n) is 2.07. The molecule has 2 rings (SSSR count). The summed E-state index contributed by atoms with van der Waals surface area (Å²) in [5, 5.41) is 3.28. The minimum atomic E-state index is -2.37. The van der Waals surface area contributed by atoms with Gasteiger partial charge in [-0.15, -0.1) is 0 Å². The van der Waals surface area contributed by atoms with E-state index in [1.165, 1.54) is 0 Å². The number of thioether (sulfide) groups is 1. The summed E-state index contributed by atoms with van der Waals surface area (Å²) in [6.45, 7) is 1.87. The van der Waals surface area contributed by atoms with Crippen LogP contribution in [-0.2, 0) is 30.2 Å². The van der Waals surface area contributed by atoms with Crippen molar-refractivity contribution in [2.45, 2.75) is 31.2 Å². The quantitative estimate of drug-likeness (QED) is 0.749. The third kappa shape index (κ3) is 5.79. The van der Waals surface area contributed by atoms with Crippen LogP contribution in [0.3, 0.4) is 0 Å². The molecule has 0 aliphatic rings. The maximum absolute atomic E-state index is 12.1. The van der Waals surface area contributed by atoms with E-state index in [9.17, 15) is 8.78 Å². The van der Waals surface area contributed by atoms with Crippen molar-refractivity contribution in [2.75, 3.05) is 7.11 Å². The fraction of sp³-hybridized carbons (Fsp3) is 0.375. The Bertz CT molecular complexity index is 575. The van der Waals surface area contributed by atoms with Crippen LogP contribution in [0, 0.1) is 0 Å². The number of benzene rings is 1. The molecule has 1 aromatic carbocycles. The molecule has 0 saturated heterocycles. The van der Waals surface area contributed by atoms with Crippen LogP contribution >= 0.6 is 11.8 Å². The summed E-state index contributed by atoms with van der Waals surface area (Å²) in [5.74, 6) is -0.857. The number of methoxy groups -OCH3 is 1. The van der Waals surface area contributed by atoms with Gasteiger partial charge in [-0.05, 0) is 23.3 Å². The molecule has 3 nitrogen and oxygen atoms in total. The third-order valence-electron chi connectivity index (χ3n) is 3.00. The predicted octanol–water partition coefficient (Wildman–Crippen LogP) is 4.17. The van der Waals surface area contributed by atoms with Crippen LogP contribution in [0.5, 0.6) is 0 Å². The van der Waals surface area contributed by atoms with Gasteiger partial charge in [-0.2, -0.15) is 8.78 Å². The molecule has 1 heterocycles. The number of hydrogen-bond donors (Lipinski definition) is 1. The summed E-state index contributed by atoms with van der Waals surface area (Å²) in [4.78, 5) is 0. The van der Waals surface area contributed by atoms with Crippen molar-refractivity contribution in [1.29, 1.82) is 0 Å². The largest absolute Gasteiger partial charge is 0.464 e. The zero-order valence-corrected chi connectivity index (χ0v) is 13.2. The van der Waals surface area contributed by atoms with Crippen LogP contribution < -0.4 is 5.32 Å². The van der Waals surface area contributed by atoms with Gasteiger partial charge in [0.1, 0.15) is 11.5 Å². The van der Waals surface area contributed by atoms with E-state index >= 15 is 0 Å². The maximum Gasteiger partial charge on any atom is 0.284 e. The zero-order chi connectivity index (χ0) is 15.8. The number of rotatable bonds is 9. The van der Waals surface area contributed by atoms with E-state index in [1.807, 2.05) is 24.3 Å². The van der Waals surface area contributed by atoms with Gasteiger partial charge < -0.3 is 14.5 Å². The van der Waals surface area contributed by atoms with Gasteiger partial charge in [-0.1, -0.05) is 36.0 Å². The molecule has 22 heavy (non-hydrogen) atoms. The molecular weight excluding hydrogens is 308 g/mol. The van der Waals surface area contributed by atoms with Gasteiger partial charge in [0, 0.05) is 13.7 Å². The van der Waals surface area contributed by atoms with Crippen LogP contribution in [0.4, 0.5) is 8.78 Å². The monoisotopic (exact) mass is 327 g/mol. The van der Waals surface area contributed by atoms with Gasteiger partial charge in [0.15, 0.2) is 0 Å². The van der Waals surface area contributed by atoms with Crippen LogP contribution in [0.2, 0.25) is 0 Å². The summed E-state index contributed by atoms with van der Waals surface area (Å²) < 4.78 is 34.8. The highest BCUT2D eigenvalue weighted by molar-refractivity contribution is 7.98. The minimum absolute atomic E-state index is 0.191. The van der Waals surface area contributed by atoms with Crippen molar-refractivity contribution < 1.29 is 17.9 Å².